The van der Waals surface area contributed by atoms with Crippen LogP contribution in [0.5, 0.6) is 0 Å². The number of hydrogen-bond acceptors (Lipinski definition) is 3. The van der Waals surface area contributed by atoms with Gasteiger partial charge in [-0.25, -0.2) is 0 Å². The van der Waals surface area contributed by atoms with Crippen LogP contribution in [0.1, 0.15) is 32.1 Å². The zero-order valence-corrected chi connectivity index (χ0v) is 11.9. The topological polar surface area (TPSA) is 52.7 Å². The summed E-state index contributed by atoms with van der Waals surface area (Å²) in [5.74, 6) is 0.691. The Morgan fingerprint density at radius 3 is 2.47 bits per heavy atom. The highest BCUT2D eigenvalue weighted by Crippen LogP contribution is 2.17. The van der Waals surface area contributed by atoms with Crippen LogP contribution in [-0.2, 0) is 9.59 Å². The largest absolute Gasteiger partial charge is 0.341 e. The Kier molecular flexibility index (Phi) is 5.19. The van der Waals surface area contributed by atoms with Gasteiger partial charge in [0.1, 0.15) is 0 Å². The van der Waals surface area contributed by atoms with Gasteiger partial charge in [-0.05, 0) is 44.7 Å². The van der Waals surface area contributed by atoms with E-state index in [2.05, 4.69) is 5.32 Å². The molecule has 0 saturated carbocycles. The Morgan fingerprint density at radius 1 is 1.21 bits per heavy atom. The predicted octanol–water partition coefficient (Wildman–Crippen LogP) is 0.457. The summed E-state index contributed by atoms with van der Waals surface area (Å²) in [6, 6.07) is 0. The van der Waals surface area contributed by atoms with Crippen LogP contribution in [0.4, 0.5) is 0 Å². The molecule has 0 aliphatic carbocycles. The van der Waals surface area contributed by atoms with Crippen LogP contribution in [0.3, 0.4) is 0 Å². The molecule has 2 heterocycles. The van der Waals surface area contributed by atoms with Crippen LogP contribution in [0.25, 0.3) is 0 Å². The lowest BCUT2D eigenvalue weighted by Crippen LogP contribution is -2.41. The summed E-state index contributed by atoms with van der Waals surface area (Å²) in [5.41, 5.74) is 0. The molecule has 2 aliphatic rings. The van der Waals surface area contributed by atoms with Gasteiger partial charge in [0.15, 0.2) is 0 Å². The normalized spacial score (nSPS) is 20.6. The van der Waals surface area contributed by atoms with E-state index in [9.17, 15) is 9.59 Å². The first-order valence-corrected chi connectivity index (χ1v) is 7.39. The molecule has 19 heavy (non-hydrogen) atoms. The van der Waals surface area contributed by atoms with Crippen molar-refractivity contribution >= 4 is 11.8 Å². The van der Waals surface area contributed by atoms with Gasteiger partial charge < -0.3 is 15.1 Å². The fourth-order valence-electron chi connectivity index (χ4n) is 2.85. The van der Waals surface area contributed by atoms with Crippen molar-refractivity contribution in [3.63, 3.8) is 0 Å². The van der Waals surface area contributed by atoms with E-state index in [0.29, 0.717) is 12.3 Å². The molecule has 0 aromatic heterocycles. The smallest absolute Gasteiger partial charge is 0.242 e. The van der Waals surface area contributed by atoms with Crippen molar-refractivity contribution in [1.82, 2.24) is 15.1 Å². The number of hydrogen-bond donors (Lipinski definition) is 1. The molecule has 0 aromatic rings. The molecule has 2 amide bonds. The summed E-state index contributed by atoms with van der Waals surface area (Å²) >= 11 is 0. The van der Waals surface area contributed by atoms with Crippen LogP contribution < -0.4 is 5.32 Å². The number of likely N-dealkylation sites (N-methyl/N-ethyl adjacent to an activating group) is 1. The summed E-state index contributed by atoms with van der Waals surface area (Å²) in [6.07, 6.45) is 4.92. The molecule has 0 radical (unpaired) electrons. The molecule has 1 N–H and O–H groups in total. The van der Waals surface area contributed by atoms with E-state index in [4.69, 9.17) is 0 Å². The molecule has 0 aromatic carbocycles. The maximum absolute atomic E-state index is 12.1. The Labute approximate surface area is 115 Å². The molecule has 2 fully saturated rings. The SMILES string of the molecule is CN(CC(=O)N1CCCC1)C(=O)CC1CCNCC1. The van der Waals surface area contributed by atoms with Crippen LogP contribution in [0, 0.1) is 5.92 Å². The molecule has 2 saturated heterocycles. The van der Waals surface area contributed by atoms with Gasteiger partial charge in [-0.15, -0.1) is 0 Å². The highest BCUT2D eigenvalue weighted by atomic mass is 16.2. The summed E-state index contributed by atoms with van der Waals surface area (Å²) in [7, 11) is 1.75. The van der Waals surface area contributed by atoms with Crippen LogP contribution in [0.2, 0.25) is 0 Å². The van der Waals surface area contributed by atoms with Crippen LogP contribution in [0.15, 0.2) is 0 Å². The van der Waals surface area contributed by atoms with Gasteiger partial charge in [0, 0.05) is 26.6 Å². The van der Waals surface area contributed by atoms with E-state index >= 15 is 0 Å². The molecule has 2 rings (SSSR count). The maximum atomic E-state index is 12.1. The number of likely N-dealkylation sites (tertiary alicyclic amines) is 1. The third kappa shape index (κ3) is 4.20. The summed E-state index contributed by atoms with van der Waals surface area (Å²) in [6.45, 7) is 3.97. The van der Waals surface area contributed by atoms with Crippen molar-refractivity contribution in [2.45, 2.75) is 32.1 Å². The minimum absolute atomic E-state index is 0.0960. The first kappa shape index (κ1) is 14.3. The third-order valence-electron chi connectivity index (χ3n) is 4.18. The zero-order chi connectivity index (χ0) is 13.7. The number of piperidine rings is 1. The van der Waals surface area contributed by atoms with Crippen molar-refractivity contribution in [3.8, 4) is 0 Å². The summed E-state index contributed by atoms with van der Waals surface area (Å²) in [5, 5.41) is 3.30. The molecule has 2 aliphatic heterocycles. The van der Waals surface area contributed by atoms with E-state index in [1.54, 1.807) is 11.9 Å². The molecule has 0 spiro atoms. The van der Waals surface area contributed by atoms with E-state index in [1.807, 2.05) is 4.90 Å². The van der Waals surface area contributed by atoms with E-state index in [1.165, 1.54) is 0 Å². The summed E-state index contributed by atoms with van der Waals surface area (Å²) in [4.78, 5) is 27.5. The van der Waals surface area contributed by atoms with Crippen molar-refractivity contribution in [2.24, 2.45) is 5.92 Å². The lowest BCUT2D eigenvalue weighted by Gasteiger charge is -2.25. The lowest BCUT2D eigenvalue weighted by molar-refractivity contribution is -0.139. The van der Waals surface area contributed by atoms with Gasteiger partial charge in [-0.1, -0.05) is 0 Å². The second kappa shape index (κ2) is 6.89. The first-order chi connectivity index (χ1) is 9.16. The molecule has 0 bridgehead atoms. The van der Waals surface area contributed by atoms with Gasteiger partial charge in [0.2, 0.25) is 11.8 Å². The fourth-order valence-corrected chi connectivity index (χ4v) is 2.85. The standard InChI is InChI=1S/C14H25N3O2/c1-16(11-14(19)17-8-2-3-9-17)13(18)10-12-4-6-15-7-5-12/h12,15H,2-11H2,1H3. The number of carbonyl (C=O) groups excluding carboxylic acids is 2. The second-order valence-corrected chi connectivity index (χ2v) is 5.74. The fraction of sp³-hybridized carbons (Fsp3) is 0.857. The monoisotopic (exact) mass is 267 g/mol. The number of amides is 2. The Morgan fingerprint density at radius 2 is 1.84 bits per heavy atom. The number of nitrogens with one attached hydrogen (secondary N) is 1. The Hall–Kier alpha value is -1.10. The third-order valence-corrected chi connectivity index (χ3v) is 4.18. The molecular weight excluding hydrogens is 242 g/mol. The van der Waals surface area contributed by atoms with Crippen LogP contribution in [-0.4, -0.2) is 61.4 Å². The average Bonchev–Trinajstić information content (AvgIpc) is 2.93. The molecule has 108 valence electrons. The molecule has 5 nitrogen and oxygen atoms in total. The summed E-state index contributed by atoms with van der Waals surface area (Å²) < 4.78 is 0. The average molecular weight is 267 g/mol. The van der Waals surface area contributed by atoms with Crippen molar-refractivity contribution in [2.75, 3.05) is 39.8 Å². The zero-order valence-electron chi connectivity index (χ0n) is 11.9. The van der Waals surface area contributed by atoms with Crippen molar-refractivity contribution < 1.29 is 9.59 Å². The highest BCUT2D eigenvalue weighted by Gasteiger charge is 2.23. The molecule has 5 heteroatoms. The molecular formula is C14H25N3O2. The minimum Gasteiger partial charge on any atom is -0.341 e. The molecule has 0 atom stereocenters. The minimum atomic E-state index is 0.0960. The second-order valence-electron chi connectivity index (χ2n) is 5.74. The van der Waals surface area contributed by atoms with Crippen molar-refractivity contribution in [1.29, 1.82) is 0 Å². The van der Waals surface area contributed by atoms with Gasteiger partial charge in [0.05, 0.1) is 6.54 Å². The number of rotatable bonds is 4. The predicted molar refractivity (Wildman–Crippen MR) is 73.7 cm³/mol. The van der Waals surface area contributed by atoms with Crippen LogP contribution >= 0.6 is 0 Å². The lowest BCUT2D eigenvalue weighted by atomic mass is 9.94. The van der Waals surface area contributed by atoms with Crippen molar-refractivity contribution in [3.05, 3.63) is 0 Å². The molecule has 0 unspecified atom stereocenters. The highest BCUT2D eigenvalue weighted by molar-refractivity contribution is 5.84. The Balaban J connectivity index is 1.73. The van der Waals surface area contributed by atoms with Gasteiger partial charge in [0.25, 0.3) is 0 Å². The quantitative estimate of drug-likeness (QED) is 0.805. The van der Waals surface area contributed by atoms with E-state index in [-0.39, 0.29) is 18.4 Å². The number of nitrogens with zero attached hydrogens (tertiary/aromatic N) is 2. The van der Waals surface area contributed by atoms with E-state index < -0.39 is 0 Å². The Bertz CT molecular complexity index is 321. The van der Waals surface area contributed by atoms with Gasteiger partial charge in [-0.2, -0.15) is 0 Å². The maximum Gasteiger partial charge on any atom is 0.242 e. The van der Waals surface area contributed by atoms with E-state index in [0.717, 1.165) is 51.9 Å². The van der Waals surface area contributed by atoms with Gasteiger partial charge >= 0.3 is 0 Å². The number of carbonyl (C=O) groups is 2. The first-order valence-electron chi connectivity index (χ1n) is 7.39. The van der Waals surface area contributed by atoms with Gasteiger partial charge in [-0.3, -0.25) is 9.59 Å².